The van der Waals surface area contributed by atoms with Crippen molar-refractivity contribution in [2.24, 2.45) is 0 Å². The molecule has 2 aromatic carbocycles. The third kappa shape index (κ3) is 5.95. The number of ether oxygens (including phenoxy) is 1. The zero-order chi connectivity index (χ0) is 24.2. The van der Waals surface area contributed by atoms with Crippen LogP contribution in [0.25, 0.3) is 0 Å². The number of nitrogens with one attached hydrogen (secondary N) is 2. The number of aromatic nitrogens is 2. The highest BCUT2D eigenvalue weighted by Crippen LogP contribution is 2.29. The third-order valence-electron chi connectivity index (χ3n) is 4.98. The molecular formula is C21H23BrN4O5S2. The van der Waals surface area contributed by atoms with E-state index in [1.165, 1.54) is 43.0 Å². The van der Waals surface area contributed by atoms with Crippen molar-refractivity contribution >= 4 is 43.8 Å². The number of hydroxylamine groups is 1. The minimum absolute atomic E-state index is 0.0579. The molecule has 0 fully saturated rings. The highest BCUT2D eigenvalue weighted by Gasteiger charge is 2.42. The third-order valence-corrected chi connectivity index (χ3v) is 7.47. The molecule has 1 atom stereocenters. The number of hydrogen-bond donors (Lipinski definition) is 3. The van der Waals surface area contributed by atoms with Crippen LogP contribution in [-0.4, -0.2) is 46.3 Å². The molecule has 3 aromatic rings. The van der Waals surface area contributed by atoms with Gasteiger partial charge in [0.15, 0.2) is 0 Å². The molecular weight excluding hydrogens is 532 g/mol. The smallest absolute Gasteiger partial charge is 0.275 e. The molecule has 33 heavy (non-hydrogen) atoms. The zero-order valence-corrected chi connectivity index (χ0v) is 21.2. The quantitative estimate of drug-likeness (QED) is 0.206. The summed E-state index contributed by atoms with van der Waals surface area (Å²) in [6, 6.07) is 11.7. The van der Waals surface area contributed by atoms with E-state index in [9.17, 15) is 18.4 Å². The summed E-state index contributed by atoms with van der Waals surface area (Å²) in [6.07, 6.45) is 4.43. The molecule has 0 radical (unpaired) electrons. The molecule has 0 aliphatic rings. The lowest BCUT2D eigenvalue weighted by Gasteiger charge is -2.33. The van der Waals surface area contributed by atoms with Crippen molar-refractivity contribution in [3.63, 3.8) is 0 Å². The van der Waals surface area contributed by atoms with E-state index in [2.05, 4.69) is 30.6 Å². The molecule has 12 heteroatoms. The summed E-state index contributed by atoms with van der Waals surface area (Å²) >= 11 is 4.11. The number of carbonyl (C=O) groups is 1. The maximum absolute atomic E-state index is 13.1. The summed E-state index contributed by atoms with van der Waals surface area (Å²) in [5.74, 6) is 0.227. The number of nitrogens with zero attached hydrogens (tertiary/aromatic N) is 2. The molecule has 1 aromatic heterocycles. The lowest BCUT2D eigenvalue weighted by atomic mass is 9.81. The summed E-state index contributed by atoms with van der Waals surface area (Å²) in [5.41, 5.74) is -0.529. The van der Waals surface area contributed by atoms with Crippen LogP contribution in [-0.2, 0) is 20.2 Å². The normalized spacial score (nSPS) is 12.9. The first-order chi connectivity index (χ1) is 15.5. The fourth-order valence-electron chi connectivity index (χ4n) is 3.02. The van der Waals surface area contributed by atoms with Crippen molar-refractivity contribution in [2.75, 3.05) is 6.26 Å². The molecule has 0 aliphatic heterocycles. The maximum atomic E-state index is 13.1. The summed E-state index contributed by atoms with van der Waals surface area (Å²) in [4.78, 5) is 19.7. The minimum Gasteiger partial charge on any atom is -0.457 e. The number of hydrogen-bond acceptors (Lipinski definition) is 7. The van der Waals surface area contributed by atoms with Gasteiger partial charge in [0.1, 0.15) is 17.5 Å². The van der Waals surface area contributed by atoms with Gasteiger partial charge < -0.3 is 9.72 Å². The van der Waals surface area contributed by atoms with Gasteiger partial charge >= 0.3 is 0 Å². The summed E-state index contributed by atoms with van der Waals surface area (Å²) in [6.45, 7) is 3.35. The van der Waals surface area contributed by atoms with Gasteiger partial charge in [0.2, 0.25) is 10.0 Å². The number of rotatable bonds is 9. The summed E-state index contributed by atoms with van der Waals surface area (Å²) in [7, 11) is -4.13. The van der Waals surface area contributed by atoms with Crippen LogP contribution in [0, 0.1) is 0 Å². The van der Waals surface area contributed by atoms with Crippen LogP contribution in [0.4, 0.5) is 0 Å². The molecule has 0 aliphatic carbocycles. The average Bonchev–Trinajstić information content (AvgIpc) is 3.34. The van der Waals surface area contributed by atoms with Gasteiger partial charge in [0, 0.05) is 28.0 Å². The van der Waals surface area contributed by atoms with Crippen molar-refractivity contribution in [3.8, 4) is 11.5 Å². The van der Waals surface area contributed by atoms with Crippen LogP contribution < -0.4 is 9.46 Å². The van der Waals surface area contributed by atoms with Crippen LogP contribution in [0.3, 0.4) is 0 Å². The molecule has 3 rings (SSSR count). The van der Waals surface area contributed by atoms with Gasteiger partial charge in [-0.1, -0.05) is 29.8 Å². The first kappa shape index (κ1) is 25.2. The molecule has 3 N–H and O–H groups in total. The van der Waals surface area contributed by atoms with E-state index in [1.807, 2.05) is 12.1 Å². The van der Waals surface area contributed by atoms with Gasteiger partial charge in [-0.15, -0.1) is 0 Å². The Labute approximate surface area is 204 Å². The van der Waals surface area contributed by atoms with Gasteiger partial charge in [-0.3, -0.25) is 10.0 Å². The molecule has 9 nitrogen and oxygen atoms in total. The molecule has 176 valence electrons. The first-order valence-electron chi connectivity index (χ1n) is 9.66. The van der Waals surface area contributed by atoms with Gasteiger partial charge in [0.25, 0.3) is 5.91 Å². The number of aromatic amines is 1. The lowest BCUT2D eigenvalue weighted by Crippen LogP contribution is -2.55. The summed E-state index contributed by atoms with van der Waals surface area (Å²) in [5, 5.41) is 9.99. The number of imidazole rings is 1. The molecule has 0 bridgehead atoms. The van der Waals surface area contributed by atoms with Gasteiger partial charge in [0.05, 0.1) is 11.2 Å². The molecule has 0 unspecified atom stereocenters. The van der Waals surface area contributed by atoms with Crippen molar-refractivity contribution in [1.82, 2.24) is 19.2 Å². The van der Waals surface area contributed by atoms with E-state index in [-0.39, 0.29) is 4.90 Å². The molecule has 0 saturated heterocycles. The van der Waals surface area contributed by atoms with E-state index in [1.54, 1.807) is 26.0 Å². The predicted octanol–water partition coefficient (Wildman–Crippen LogP) is 4.09. The van der Waals surface area contributed by atoms with Gasteiger partial charge in [-0.25, -0.2) is 13.4 Å². The van der Waals surface area contributed by atoms with Crippen LogP contribution in [0.15, 0.2) is 70.4 Å². The lowest BCUT2D eigenvalue weighted by molar-refractivity contribution is -0.148. The predicted molar refractivity (Wildman–Crippen MR) is 129 cm³/mol. The average molecular weight is 555 g/mol. The Kier molecular flexibility index (Phi) is 7.85. The first-order valence-corrected chi connectivity index (χ1v) is 13.1. The number of amides is 1. The SMILES string of the molecule is CSN(O)C(=O)[C@@H](NS(=O)(=O)c1ccc(Oc2ccc(Br)cc2)cc1)C(C)(C)c1cnc[nH]1. The second-order valence-electron chi connectivity index (χ2n) is 7.56. The van der Waals surface area contributed by atoms with E-state index in [4.69, 9.17) is 4.74 Å². The number of sulfonamides is 1. The van der Waals surface area contributed by atoms with Gasteiger partial charge in [-0.2, -0.15) is 9.19 Å². The maximum Gasteiger partial charge on any atom is 0.275 e. The number of halogens is 1. The number of H-pyrrole nitrogens is 1. The molecule has 1 heterocycles. The molecule has 0 saturated carbocycles. The highest BCUT2D eigenvalue weighted by molar-refractivity contribution is 9.10. The molecule has 0 spiro atoms. The summed E-state index contributed by atoms with van der Waals surface area (Å²) < 4.78 is 35.8. The van der Waals surface area contributed by atoms with Crippen molar-refractivity contribution in [2.45, 2.75) is 30.2 Å². The Morgan fingerprint density at radius 3 is 2.27 bits per heavy atom. The highest BCUT2D eigenvalue weighted by atomic mass is 79.9. The van der Waals surface area contributed by atoms with Crippen molar-refractivity contribution in [1.29, 1.82) is 0 Å². The van der Waals surface area contributed by atoms with Gasteiger partial charge in [-0.05, 0) is 60.5 Å². The Bertz CT molecular complexity index is 1180. The second kappa shape index (κ2) is 10.3. The topological polar surface area (TPSA) is 125 Å². The standard InChI is InChI=1S/C21H23BrN4O5S2/c1-21(2,18-12-23-13-24-18)19(20(27)26(28)32-3)25-33(29,30)17-10-8-16(9-11-17)31-15-6-4-14(22)5-7-15/h4-13,19,25,28H,1-3H3,(H,23,24)/t19-/m1/s1. The van der Waals surface area contributed by atoms with E-state index in [0.29, 0.717) is 21.7 Å². The zero-order valence-electron chi connectivity index (χ0n) is 18.0. The monoisotopic (exact) mass is 554 g/mol. The number of carbonyl (C=O) groups excluding carboxylic acids is 1. The van der Waals surface area contributed by atoms with Crippen molar-refractivity contribution in [3.05, 3.63) is 71.2 Å². The van der Waals surface area contributed by atoms with E-state index in [0.717, 1.165) is 16.4 Å². The Morgan fingerprint density at radius 1 is 1.18 bits per heavy atom. The van der Waals surface area contributed by atoms with E-state index >= 15 is 0 Å². The fourth-order valence-corrected chi connectivity index (χ4v) is 4.91. The minimum atomic E-state index is -4.13. The largest absolute Gasteiger partial charge is 0.457 e. The Morgan fingerprint density at radius 2 is 1.76 bits per heavy atom. The van der Waals surface area contributed by atoms with Crippen molar-refractivity contribution < 1.29 is 23.2 Å². The number of benzene rings is 2. The molecule has 1 amide bonds. The van der Waals surface area contributed by atoms with E-state index < -0.39 is 27.4 Å². The van der Waals surface area contributed by atoms with Crippen LogP contribution in [0.2, 0.25) is 0 Å². The van der Waals surface area contributed by atoms with Crippen LogP contribution in [0.1, 0.15) is 19.5 Å². The fraction of sp³-hybridized carbons (Fsp3) is 0.238. The Balaban J connectivity index is 1.86. The van der Waals surface area contributed by atoms with Crippen LogP contribution >= 0.6 is 27.9 Å². The second-order valence-corrected chi connectivity index (χ2v) is 10.9. The van der Waals surface area contributed by atoms with Crippen LogP contribution in [0.5, 0.6) is 11.5 Å². The Hall–Kier alpha value is -2.38.